The van der Waals surface area contributed by atoms with Crippen molar-refractivity contribution in [3.63, 3.8) is 0 Å². The highest BCUT2D eigenvalue weighted by atomic mass is 19.3. The van der Waals surface area contributed by atoms with Crippen LogP contribution >= 0.6 is 0 Å². The fraction of sp³-hybridized carbons (Fsp3) is 0.571. The lowest BCUT2D eigenvalue weighted by Gasteiger charge is -2.24. The number of alkyl halides is 2. The molecule has 17 heavy (non-hydrogen) atoms. The van der Waals surface area contributed by atoms with E-state index in [1.54, 1.807) is 12.1 Å². The van der Waals surface area contributed by atoms with Gasteiger partial charge >= 0.3 is 0 Å². The second-order valence-corrected chi connectivity index (χ2v) is 5.22. The summed E-state index contributed by atoms with van der Waals surface area (Å²) in [7, 11) is 1.42. The van der Waals surface area contributed by atoms with Gasteiger partial charge < -0.3 is 4.74 Å². The maximum absolute atomic E-state index is 13.8. The Morgan fingerprint density at radius 3 is 2.18 bits per heavy atom. The molecule has 0 unspecified atom stereocenters. The average Bonchev–Trinajstić information content (AvgIpc) is 2.27. The van der Waals surface area contributed by atoms with Gasteiger partial charge in [0, 0.05) is 6.42 Å². The molecule has 0 aliphatic carbocycles. The first-order valence-electron chi connectivity index (χ1n) is 5.79. The van der Waals surface area contributed by atoms with Crippen molar-refractivity contribution in [1.82, 2.24) is 0 Å². The molecule has 0 aromatic heterocycles. The number of hydrogen-bond acceptors (Lipinski definition) is 1. The summed E-state index contributed by atoms with van der Waals surface area (Å²) < 4.78 is 32.7. The van der Waals surface area contributed by atoms with Crippen LogP contribution in [-0.4, -0.2) is 7.11 Å². The van der Waals surface area contributed by atoms with E-state index in [9.17, 15) is 8.78 Å². The number of halogens is 2. The van der Waals surface area contributed by atoms with E-state index in [1.165, 1.54) is 14.0 Å². The van der Waals surface area contributed by atoms with E-state index in [0.29, 0.717) is 0 Å². The fourth-order valence-corrected chi connectivity index (χ4v) is 1.65. The van der Waals surface area contributed by atoms with Gasteiger partial charge in [-0.05, 0) is 23.1 Å². The summed E-state index contributed by atoms with van der Waals surface area (Å²) in [6.07, 6.45) is -0.225. The van der Waals surface area contributed by atoms with Gasteiger partial charge in [0.1, 0.15) is 5.75 Å². The van der Waals surface area contributed by atoms with Gasteiger partial charge in [-0.15, -0.1) is 0 Å². The summed E-state index contributed by atoms with van der Waals surface area (Å²) in [5, 5.41) is 0. The molecular weight excluding hydrogens is 222 g/mol. The summed E-state index contributed by atoms with van der Waals surface area (Å²) in [6, 6.07) is 5.02. The van der Waals surface area contributed by atoms with Crippen LogP contribution < -0.4 is 4.74 Å². The van der Waals surface area contributed by atoms with E-state index in [4.69, 9.17) is 4.74 Å². The summed E-state index contributed by atoms with van der Waals surface area (Å²) in [4.78, 5) is 0. The largest absolute Gasteiger partial charge is 0.496 e. The first-order valence-corrected chi connectivity index (χ1v) is 5.79. The average molecular weight is 242 g/mol. The van der Waals surface area contributed by atoms with Gasteiger partial charge in [-0.2, -0.15) is 0 Å². The summed E-state index contributed by atoms with van der Waals surface area (Å²) in [5.74, 6) is -2.59. The molecule has 0 saturated carbocycles. The van der Waals surface area contributed by atoms with Gasteiger partial charge in [0.05, 0.1) is 12.7 Å². The molecular formula is C14H20F2O. The Morgan fingerprint density at radius 1 is 1.18 bits per heavy atom. The SMILES string of the molecule is CCC(F)(F)c1cc(C(C)(C)C)ccc1OC. The standard InChI is InChI=1S/C14H20F2O/c1-6-14(15,16)11-9-10(13(2,3)4)7-8-12(11)17-5/h7-9H,6H2,1-5H3. The zero-order valence-electron chi connectivity index (χ0n) is 11.1. The smallest absolute Gasteiger partial charge is 0.276 e. The van der Waals surface area contributed by atoms with Crippen molar-refractivity contribution in [2.24, 2.45) is 0 Å². The highest BCUT2D eigenvalue weighted by Gasteiger charge is 2.33. The third kappa shape index (κ3) is 2.96. The summed E-state index contributed by atoms with van der Waals surface area (Å²) >= 11 is 0. The molecule has 0 aliphatic rings. The minimum Gasteiger partial charge on any atom is -0.496 e. The van der Waals surface area contributed by atoms with Crippen LogP contribution in [0.5, 0.6) is 5.75 Å². The van der Waals surface area contributed by atoms with Crippen LogP contribution in [0.2, 0.25) is 0 Å². The predicted molar refractivity (Wildman–Crippen MR) is 65.9 cm³/mol. The van der Waals surface area contributed by atoms with Gasteiger partial charge in [0.25, 0.3) is 5.92 Å². The lowest BCUT2D eigenvalue weighted by Crippen LogP contribution is -2.17. The molecule has 0 atom stereocenters. The molecule has 0 aliphatic heterocycles. The van der Waals surface area contributed by atoms with Crippen molar-refractivity contribution in [2.45, 2.75) is 45.5 Å². The maximum Gasteiger partial charge on any atom is 0.276 e. The predicted octanol–water partition coefficient (Wildman–Crippen LogP) is 4.49. The van der Waals surface area contributed by atoms with E-state index in [1.807, 2.05) is 26.8 Å². The van der Waals surface area contributed by atoms with E-state index in [-0.39, 0.29) is 23.1 Å². The Labute approximate surface area is 102 Å². The summed E-state index contributed by atoms with van der Waals surface area (Å²) in [6.45, 7) is 7.48. The molecule has 1 nitrogen and oxygen atoms in total. The van der Waals surface area contributed by atoms with Crippen LogP contribution in [0.15, 0.2) is 18.2 Å². The van der Waals surface area contributed by atoms with E-state index >= 15 is 0 Å². The van der Waals surface area contributed by atoms with Crippen LogP contribution in [0.3, 0.4) is 0 Å². The number of methoxy groups -OCH3 is 1. The lowest BCUT2D eigenvalue weighted by molar-refractivity contribution is -0.0105. The first kappa shape index (κ1) is 13.9. The monoisotopic (exact) mass is 242 g/mol. The zero-order valence-corrected chi connectivity index (χ0v) is 11.1. The molecule has 0 heterocycles. The lowest BCUT2D eigenvalue weighted by atomic mass is 9.85. The molecule has 1 aromatic carbocycles. The van der Waals surface area contributed by atoms with Gasteiger partial charge in [0.15, 0.2) is 0 Å². The van der Waals surface area contributed by atoms with E-state index < -0.39 is 5.92 Å². The Hall–Kier alpha value is -1.12. The van der Waals surface area contributed by atoms with Crippen LogP contribution in [0, 0.1) is 0 Å². The second kappa shape index (κ2) is 4.63. The Morgan fingerprint density at radius 2 is 1.76 bits per heavy atom. The molecule has 0 bridgehead atoms. The second-order valence-electron chi connectivity index (χ2n) is 5.22. The number of ether oxygens (including phenoxy) is 1. The van der Waals surface area contributed by atoms with Crippen LogP contribution in [0.1, 0.15) is 45.2 Å². The molecule has 0 spiro atoms. The van der Waals surface area contributed by atoms with Gasteiger partial charge in [0.2, 0.25) is 0 Å². The Bertz CT molecular complexity index is 392. The Balaban J connectivity index is 3.35. The van der Waals surface area contributed by atoms with Crippen molar-refractivity contribution in [2.75, 3.05) is 7.11 Å². The van der Waals surface area contributed by atoms with Gasteiger partial charge in [-0.1, -0.05) is 33.8 Å². The first-order chi connectivity index (χ1) is 7.72. The molecule has 1 rings (SSSR count). The highest BCUT2D eigenvalue weighted by Crippen LogP contribution is 2.39. The van der Waals surface area contributed by atoms with E-state index in [2.05, 4.69) is 0 Å². The molecule has 96 valence electrons. The number of hydrogen-bond donors (Lipinski definition) is 0. The minimum atomic E-state index is -2.84. The third-order valence-corrected chi connectivity index (χ3v) is 2.90. The van der Waals surface area contributed by atoms with Gasteiger partial charge in [-0.3, -0.25) is 0 Å². The molecule has 0 saturated heterocycles. The molecule has 0 radical (unpaired) electrons. The number of benzene rings is 1. The van der Waals surface area contributed by atoms with Crippen molar-refractivity contribution >= 4 is 0 Å². The zero-order chi connectivity index (χ0) is 13.3. The number of rotatable bonds is 3. The van der Waals surface area contributed by atoms with Crippen molar-refractivity contribution < 1.29 is 13.5 Å². The molecule has 0 fully saturated rings. The Kier molecular flexibility index (Phi) is 3.80. The van der Waals surface area contributed by atoms with Crippen molar-refractivity contribution in [1.29, 1.82) is 0 Å². The molecule has 1 aromatic rings. The quantitative estimate of drug-likeness (QED) is 0.758. The highest BCUT2D eigenvalue weighted by molar-refractivity contribution is 5.42. The third-order valence-electron chi connectivity index (χ3n) is 2.90. The topological polar surface area (TPSA) is 9.23 Å². The van der Waals surface area contributed by atoms with Crippen LogP contribution in [-0.2, 0) is 11.3 Å². The fourth-order valence-electron chi connectivity index (χ4n) is 1.65. The summed E-state index contributed by atoms with van der Waals surface area (Å²) in [5.41, 5.74) is 0.724. The van der Waals surface area contributed by atoms with Crippen LogP contribution in [0.25, 0.3) is 0 Å². The van der Waals surface area contributed by atoms with Gasteiger partial charge in [-0.25, -0.2) is 8.78 Å². The normalized spacial score (nSPS) is 12.6. The minimum absolute atomic E-state index is 0.0186. The molecule has 3 heteroatoms. The molecule has 0 N–H and O–H groups in total. The van der Waals surface area contributed by atoms with Crippen molar-refractivity contribution in [3.8, 4) is 5.75 Å². The maximum atomic E-state index is 13.8. The molecule has 0 amide bonds. The van der Waals surface area contributed by atoms with E-state index in [0.717, 1.165) is 5.56 Å². The van der Waals surface area contributed by atoms with Crippen LogP contribution in [0.4, 0.5) is 8.78 Å². The van der Waals surface area contributed by atoms with Crippen molar-refractivity contribution in [3.05, 3.63) is 29.3 Å².